The van der Waals surface area contributed by atoms with Gasteiger partial charge in [0.1, 0.15) is 23.0 Å². The third kappa shape index (κ3) is 5.59. The van der Waals surface area contributed by atoms with E-state index in [1.165, 1.54) is 4.31 Å². The Balaban J connectivity index is 1.36. The van der Waals surface area contributed by atoms with Crippen LogP contribution < -0.4 is 4.74 Å². The second-order valence-electron chi connectivity index (χ2n) is 10.2. The van der Waals surface area contributed by atoms with Crippen LogP contribution in [0.5, 0.6) is 5.75 Å². The number of aryl methyl sites for hydroxylation is 2. The molecule has 0 unspecified atom stereocenters. The van der Waals surface area contributed by atoms with Crippen LogP contribution in [-0.4, -0.2) is 55.6 Å². The van der Waals surface area contributed by atoms with E-state index in [9.17, 15) is 18.3 Å². The summed E-state index contributed by atoms with van der Waals surface area (Å²) in [6.07, 6.45) is 1.39. The molecule has 0 radical (unpaired) electrons. The SMILES string of the molecule is CC1=C(S(=O)(=O)N2CCc3c(OCCc4cc(-c5ccccc5)oc4C)ccc(CCC(=O)O)c3C2)N(C)CO1. The van der Waals surface area contributed by atoms with Crippen LogP contribution in [0, 0.1) is 6.92 Å². The molecule has 0 fully saturated rings. The molecule has 0 saturated heterocycles. The van der Waals surface area contributed by atoms with E-state index in [1.807, 2.05) is 55.5 Å². The van der Waals surface area contributed by atoms with Crippen molar-refractivity contribution in [3.63, 3.8) is 0 Å². The standard InChI is InChI=1S/C30H34N2O7S/c1-20-24(17-28(39-20)23-7-5-4-6-8-23)14-16-37-27-11-9-22(10-12-29(33)34)26-18-32(15-13-25(26)27)40(35,36)30-21(2)38-19-31(30)3/h4-9,11,17H,10,12-16,18-19H2,1-3H3,(H,33,34). The lowest BCUT2D eigenvalue weighted by Gasteiger charge is -2.32. The number of ether oxygens (including phenoxy) is 2. The summed E-state index contributed by atoms with van der Waals surface area (Å²) in [5.74, 6) is 1.84. The number of sulfonamides is 1. The van der Waals surface area contributed by atoms with Crippen LogP contribution in [-0.2, 0) is 45.4 Å². The first-order chi connectivity index (χ1) is 19.1. The van der Waals surface area contributed by atoms with Gasteiger partial charge in [0.15, 0.2) is 11.8 Å². The fourth-order valence-corrected chi connectivity index (χ4v) is 7.11. The summed E-state index contributed by atoms with van der Waals surface area (Å²) >= 11 is 0. The number of carboxylic acid groups (broad SMARTS) is 1. The summed E-state index contributed by atoms with van der Waals surface area (Å²) in [7, 11) is -2.11. The average molecular weight is 567 g/mol. The zero-order chi connectivity index (χ0) is 28.4. The molecule has 9 nitrogen and oxygen atoms in total. The molecule has 0 aliphatic carbocycles. The predicted octanol–water partition coefficient (Wildman–Crippen LogP) is 4.69. The number of hydrogen-bond acceptors (Lipinski definition) is 7. The van der Waals surface area contributed by atoms with E-state index in [1.54, 1.807) is 18.9 Å². The monoisotopic (exact) mass is 566 g/mol. The summed E-state index contributed by atoms with van der Waals surface area (Å²) in [5.41, 5.74) is 4.66. The van der Waals surface area contributed by atoms with Gasteiger partial charge in [0.05, 0.1) is 6.61 Å². The van der Waals surface area contributed by atoms with Crippen LogP contribution in [0.3, 0.4) is 0 Å². The molecule has 0 bridgehead atoms. The lowest BCUT2D eigenvalue weighted by Crippen LogP contribution is -2.40. The zero-order valence-corrected chi connectivity index (χ0v) is 23.8. The van der Waals surface area contributed by atoms with Crippen molar-refractivity contribution in [2.45, 2.75) is 46.1 Å². The molecule has 5 rings (SSSR count). The molecule has 0 spiro atoms. The van der Waals surface area contributed by atoms with E-state index in [4.69, 9.17) is 13.9 Å². The number of hydrogen-bond donors (Lipinski definition) is 1. The Bertz CT molecular complexity index is 1540. The van der Waals surface area contributed by atoms with Gasteiger partial charge in [0.2, 0.25) is 0 Å². The van der Waals surface area contributed by atoms with Crippen molar-refractivity contribution in [1.82, 2.24) is 9.21 Å². The molecule has 3 heterocycles. The van der Waals surface area contributed by atoms with Gasteiger partial charge in [-0.05, 0) is 55.5 Å². The van der Waals surface area contributed by atoms with Gasteiger partial charge in [-0.1, -0.05) is 36.4 Å². The second-order valence-corrected chi connectivity index (χ2v) is 12.0. The number of aliphatic carboxylic acids is 1. The maximum atomic E-state index is 13.6. The van der Waals surface area contributed by atoms with E-state index in [0.717, 1.165) is 39.3 Å². The maximum Gasteiger partial charge on any atom is 0.303 e. The van der Waals surface area contributed by atoms with Crippen LogP contribution in [0.15, 0.2) is 63.7 Å². The Kier molecular flexibility index (Phi) is 7.91. The lowest BCUT2D eigenvalue weighted by atomic mass is 9.92. The summed E-state index contributed by atoms with van der Waals surface area (Å²) < 4.78 is 46.2. The van der Waals surface area contributed by atoms with E-state index in [0.29, 0.717) is 43.9 Å². The first-order valence-corrected chi connectivity index (χ1v) is 14.8. The molecule has 1 N–H and O–H groups in total. The van der Waals surface area contributed by atoms with E-state index >= 15 is 0 Å². The molecular formula is C30H34N2O7S. The molecule has 2 aliphatic heterocycles. The van der Waals surface area contributed by atoms with Crippen LogP contribution in [0.25, 0.3) is 11.3 Å². The fourth-order valence-electron chi connectivity index (χ4n) is 5.37. The molecule has 2 aromatic carbocycles. The van der Waals surface area contributed by atoms with Crippen molar-refractivity contribution in [2.75, 3.05) is 26.9 Å². The minimum Gasteiger partial charge on any atom is -0.493 e. The number of carboxylic acids is 1. The highest BCUT2D eigenvalue weighted by Gasteiger charge is 2.38. The molecule has 2 aliphatic rings. The number of carbonyl (C=O) groups is 1. The highest BCUT2D eigenvalue weighted by molar-refractivity contribution is 7.92. The number of rotatable bonds is 10. The van der Waals surface area contributed by atoms with Gasteiger partial charge in [-0.3, -0.25) is 4.79 Å². The first-order valence-electron chi connectivity index (χ1n) is 13.3. The topological polar surface area (TPSA) is 110 Å². The van der Waals surface area contributed by atoms with Crippen molar-refractivity contribution in [3.8, 4) is 17.1 Å². The molecule has 0 saturated carbocycles. The van der Waals surface area contributed by atoms with Crippen molar-refractivity contribution in [1.29, 1.82) is 0 Å². The Morgan fingerprint density at radius 1 is 1.05 bits per heavy atom. The normalized spacial score (nSPS) is 15.7. The number of furan rings is 1. The van der Waals surface area contributed by atoms with Crippen molar-refractivity contribution < 1.29 is 32.2 Å². The van der Waals surface area contributed by atoms with E-state index in [2.05, 4.69) is 0 Å². The van der Waals surface area contributed by atoms with Crippen molar-refractivity contribution in [3.05, 3.63) is 87.3 Å². The van der Waals surface area contributed by atoms with Gasteiger partial charge < -0.3 is 23.9 Å². The molecule has 10 heteroatoms. The van der Waals surface area contributed by atoms with Gasteiger partial charge in [-0.15, -0.1) is 0 Å². The smallest absolute Gasteiger partial charge is 0.303 e. The first kappa shape index (κ1) is 27.8. The maximum absolute atomic E-state index is 13.6. The highest BCUT2D eigenvalue weighted by atomic mass is 32.2. The third-order valence-electron chi connectivity index (χ3n) is 7.45. The summed E-state index contributed by atoms with van der Waals surface area (Å²) in [6, 6.07) is 15.7. The van der Waals surface area contributed by atoms with Crippen LogP contribution in [0.4, 0.5) is 0 Å². The van der Waals surface area contributed by atoms with Crippen molar-refractivity contribution >= 4 is 16.0 Å². The molecular weight excluding hydrogens is 532 g/mol. The zero-order valence-electron chi connectivity index (χ0n) is 23.0. The van der Waals surface area contributed by atoms with Crippen molar-refractivity contribution in [2.24, 2.45) is 0 Å². The lowest BCUT2D eigenvalue weighted by molar-refractivity contribution is -0.136. The number of allylic oxidation sites excluding steroid dienone is 1. The Labute approximate surface area is 234 Å². The molecule has 212 valence electrons. The Hall–Kier alpha value is -3.76. The van der Waals surface area contributed by atoms with Gasteiger partial charge in [0, 0.05) is 44.1 Å². The Morgan fingerprint density at radius 3 is 2.52 bits per heavy atom. The largest absolute Gasteiger partial charge is 0.493 e. The summed E-state index contributed by atoms with van der Waals surface area (Å²) in [5, 5.41) is 9.44. The Morgan fingerprint density at radius 2 is 1.82 bits per heavy atom. The van der Waals surface area contributed by atoms with Crippen LogP contribution in [0.1, 0.15) is 41.4 Å². The molecule has 3 aromatic rings. The predicted molar refractivity (Wildman–Crippen MR) is 150 cm³/mol. The molecule has 40 heavy (non-hydrogen) atoms. The van der Waals surface area contributed by atoms with Crippen LogP contribution in [0.2, 0.25) is 0 Å². The number of benzene rings is 2. The van der Waals surface area contributed by atoms with E-state index in [-0.39, 0.29) is 24.7 Å². The quantitative estimate of drug-likeness (QED) is 0.377. The highest BCUT2D eigenvalue weighted by Crippen LogP contribution is 2.36. The van der Waals surface area contributed by atoms with Crippen LogP contribution >= 0.6 is 0 Å². The fraction of sp³-hybridized carbons (Fsp3) is 0.367. The minimum atomic E-state index is -3.80. The van der Waals surface area contributed by atoms with Gasteiger partial charge in [-0.25, -0.2) is 8.42 Å². The average Bonchev–Trinajstić information content (AvgIpc) is 3.48. The molecule has 0 amide bonds. The number of fused-ring (bicyclic) bond motifs is 1. The molecule has 1 aromatic heterocycles. The van der Waals surface area contributed by atoms with Gasteiger partial charge >= 0.3 is 5.97 Å². The molecule has 0 atom stereocenters. The number of nitrogens with zero attached hydrogens (tertiary/aromatic N) is 2. The third-order valence-corrected chi connectivity index (χ3v) is 9.53. The van der Waals surface area contributed by atoms with Gasteiger partial charge in [-0.2, -0.15) is 4.31 Å². The van der Waals surface area contributed by atoms with Gasteiger partial charge in [0.25, 0.3) is 10.0 Å². The summed E-state index contributed by atoms with van der Waals surface area (Å²) in [6.45, 7) is 4.65. The minimum absolute atomic E-state index is 0.0379. The summed E-state index contributed by atoms with van der Waals surface area (Å²) in [4.78, 5) is 12.9. The van der Waals surface area contributed by atoms with E-state index < -0.39 is 16.0 Å². The second kappa shape index (κ2) is 11.4.